The molecule has 2 heteroatoms. The van der Waals surface area contributed by atoms with Crippen LogP contribution in [0.5, 0.6) is 0 Å². The van der Waals surface area contributed by atoms with E-state index in [4.69, 9.17) is 4.98 Å². The van der Waals surface area contributed by atoms with Crippen LogP contribution < -0.4 is 5.32 Å². The van der Waals surface area contributed by atoms with Crippen molar-refractivity contribution in [2.24, 2.45) is 0 Å². The van der Waals surface area contributed by atoms with Crippen LogP contribution in [0, 0.1) is 6.92 Å². The van der Waals surface area contributed by atoms with Crippen LogP contribution in [0.3, 0.4) is 0 Å². The average molecular weight is 515 g/mol. The number of hydrogen-bond donors (Lipinski definition) is 1. The smallest absolute Gasteiger partial charge is 0.0705 e. The minimum absolute atomic E-state index is 0.872. The number of nitrogens with one attached hydrogen (secondary N) is 1. The number of aromatic nitrogens is 1. The molecule has 0 spiro atoms. The van der Waals surface area contributed by atoms with Gasteiger partial charge in [0.15, 0.2) is 0 Å². The fourth-order valence-corrected chi connectivity index (χ4v) is 5.98. The van der Waals surface area contributed by atoms with Gasteiger partial charge in [-0.1, -0.05) is 103 Å². The maximum absolute atomic E-state index is 4.79. The monoisotopic (exact) mass is 514 g/mol. The minimum atomic E-state index is 0.872. The largest absolute Gasteiger partial charge is 0.385 e. The number of hydrogen-bond acceptors (Lipinski definition) is 2. The molecule has 1 aliphatic rings. The number of fused-ring (bicyclic) bond motifs is 2. The van der Waals surface area contributed by atoms with Crippen molar-refractivity contribution in [1.82, 2.24) is 10.3 Å². The van der Waals surface area contributed by atoms with E-state index in [2.05, 4.69) is 134 Å². The van der Waals surface area contributed by atoms with Gasteiger partial charge in [0.1, 0.15) is 0 Å². The standard InChI is InChI=1S/C38H30N2/c1-25-9-7-16-36(40-25)30-10-8-11-31(24-30)38-34-14-5-3-12-32(34)37(33-13-4-6-15-35(33)38)28-19-17-27(18-20-28)29-21-22-39-26(2)23-29/h3-21,23-24,39H,22H2,1-2H3. The van der Waals surface area contributed by atoms with E-state index in [-0.39, 0.29) is 0 Å². The van der Waals surface area contributed by atoms with Gasteiger partial charge in [0.05, 0.1) is 5.69 Å². The molecule has 0 radical (unpaired) electrons. The third-order valence-electron chi connectivity index (χ3n) is 7.85. The Balaban J connectivity index is 1.43. The molecule has 0 atom stereocenters. The molecule has 0 saturated heterocycles. The van der Waals surface area contributed by atoms with Crippen LogP contribution in [0.1, 0.15) is 18.2 Å². The predicted molar refractivity (Wildman–Crippen MR) is 170 cm³/mol. The van der Waals surface area contributed by atoms with E-state index in [1.807, 2.05) is 13.0 Å². The highest BCUT2D eigenvalue weighted by Crippen LogP contribution is 2.44. The van der Waals surface area contributed by atoms with Gasteiger partial charge >= 0.3 is 0 Å². The van der Waals surface area contributed by atoms with Crippen LogP contribution in [0.2, 0.25) is 0 Å². The number of dihydropyridines is 1. The van der Waals surface area contributed by atoms with Gasteiger partial charge in [0, 0.05) is 23.5 Å². The highest BCUT2D eigenvalue weighted by Gasteiger charge is 2.17. The van der Waals surface area contributed by atoms with Gasteiger partial charge in [-0.25, -0.2) is 0 Å². The Hall–Kier alpha value is -4.95. The number of nitrogens with zero attached hydrogens (tertiary/aromatic N) is 1. The summed E-state index contributed by atoms with van der Waals surface area (Å²) in [5.74, 6) is 0. The molecule has 2 heterocycles. The number of allylic oxidation sites excluding steroid dienone is 3. The topological polar surface area (TPSA) is 24.9 Å². The summed E-state index contributed by atoms with van der Waals surface area (Å²) in [6.07, 6.45) is 4.47. The van der Waals surface area contributed by atoms with Gasteiger partial charge < -0.3 is 5.32 Å². The third kappa shape index (κ3) is 4.28. The average Bonchev–Trinajstić information content (AvgIpc) is 3.00. The van der Waals surface area contributed by atoms with Crippen LogP contribution in [-0.2, 0) is 0 Å². The summed E-state index contributed by atoms with van der Waals surface area (Å²) in [4.78, 5) is 4.79. The Morgan fingerprint density at radius 1 is 0.550 bits per heavy atom. The fourth-order valence-electron chi connectivity index (χ4n) is 5.98. The van der Waals surface area contributed by atoms with Gasteiger partial charge in [-0.15, -0.1) is 0 Å². The quantitative estimate of drug-likeness (QED) is 0.237. The lowest BCUT2D eigenvalue weighted by atomic mass is 9.85. The van der Waals surface area contributed by atoms with Gasteiger partial charge in [0.25, 0.3) is 0 Å². The van der Waals surface area contributed by atoms with E-state index >= 15 is 0 Å². The van der Waals surface area contributed by atoms with Crippen LogP contribution >= 0.6 is 0 Å². The van der Waals surface area contributed by atoms with Gasteiger partial charge in [-0.3, -0.25) is 4.98 Å². The van der Waals surface area contributed by atoms with E-state index in [1.165, 1.54) is 60.6 Å². The number of benzene rings is 5. The zero-order chi connectivity index (χ0) is 27.1. The molecule has 5 aromatic carbocycles. The normalized spacial score (nSPS) is 13.2. The van der Waals surface area contributed by atoms with Gasteiger partial charge in [-0.2, -0.15) is 0 Å². The van der Waals surface area contributed by atoms with E-state index in [1.54, 1.807) is 0 Å². The van der Waals surface area contributed by atoms with Crippen molar-refractivity contribution in [1.29, 1.82) is 0 Å². The molecule has 7 rings (SSSR count). The molecule has 0 aliphatic carbocycles. The first kappa shape index (κ1) is 24.1. The summed E-state index contributed by atoms with van der Waals surface area (Å²) < 4.78 is 0. The first-order valence-corrected chi connectivity index (χ1v) is 13.9. The molecule has 0 saturated carbocycles. The number of pyridine rings is 1. The Labute approximate surface area is 235 Å². The molecule has 2 nitrogen and oxygen atoms in total. The highest BCUT2D eigenvalue weighted by molar-refractivity contribution is 6.21. The van der Waals surface area contributed by atoms with Crippen LogP contribution in [0.15, 0.2) is 133 Å². The van der Waals surface area contributed by atoms with Crippen molar-refractivity contribution >= 4 is 27.1 Å². The van der Waals surface area contributed by atoms with Gasteiger partial charge in [0.2, 0.25) is 0 Å². The Morgan fingerprint density at radius 2 is 1.12 bits per heavy atom. The minimum Gasteiger partial charge on any atom is -0.385 e. The lowest BCUT2D eigenvalue weighted by Crippen LogP contribution is -2.14. The first-order chi connectivity index (χ1) is 19.7. The summed E-state index contributed by atoms with van der Waals surface area (Å²) in [5, 5.41) is 8.42. The van der Waals surface area contributed by atoms with Gasteiger partial charge in [-0.05, 0) is 93.1 Å². The molecule has 1 N–H and O–H groups in total. The second-order valence-electron chi connectivity index (χ2n) is 10.5. The van der Waals surface area contributed by atoms with Crippen molar-refractivity contribution in [3.8, 4) is 33.5 Å². The van der Waals surface area contributed by atoms with Crippen LogP contribution in [0.4, 0.5) is 0 Å². The Kier molecular flexibility index (Phi) is 6.02. The van der Waals surface area contributed by atoms with E-state index in [9.17, 15) is 0 Å². The van der Waals surface area contributed by atoms with Crippen molar-refractivity contribution in [3.05, 3.63) is 144 Å². The van der Waals surface area contributed by atoms with Crippen molar-refractivity contribution < 1.29 is 0 Å². The molecule has 40 heavy (non-hydrogen) atoms. The van der Waals surface area contributed by atoms with Crippen molar-refractivity contribution in [3.63, 3.8) is 0 Å². The molecular formula is C38H30N2. The molecule has 0 fully saturated rings. The van der Waals surface area contributed by atoms with Crippen molar-refractivity contribution in [2.45, 2.75) is 13.8 Å². The second kappa shape index (κ2) is 9.98. The Bertz CT molecular complexity index is 1900. The summed E-state index contributed by atoms with van der Waals surface area (Å²) >= 11 is 0. The number of aryl methyl sites for hydroxylation is 1. The molecule has 0 unspecified atom stereocenters. The number of rotatable bonds is 4. The Morgan fingerprint density at radius 3 is 1.75 bits per heavy atom. The predicted octanol–water partition coefficient (Wildman–Crippen LogP) is 9.59. The molecular weight excluding hydrogens is 484 g/mol. The summed E-state index contributed by atoms with van der Waals surface area (Å²) in [5.41, 5.74) is 11.9. The molecule has 192 valence electrons. The second-order valence-corrected chi connectivity index (χ2v) is 10.5. The molecule has 0 amide bonds. The zero-order valence-electron chi connectivity index (χ0n) is 22.8. The fraction of sp³-hybridized carbons (Fsp3) is 0.0789. The highest BCUT2D eigenvalue weighted by atomic mass is 14.9. The summed E-state index contributed by atoms with van der Waals surface area (Å²) in [6, 6.07) is 41.8. The van der Waals surface area contributed by atoms with E-state index < -0.39 is 0 Å². The molecule has 1 aromatic heterocycles. The summed E-state index contributed by atoms with van der Waals surface area (Å²) in [6.45, 7) is 5.03. The first-order valence-electron chi connectivity index (χ1n) is 13.9. The lowest BCUT2D eigenvalue weighted by molar-refractivity contribution is 0.895. The SMILES string of the molecule is CC1=CC(c2ccc(-c3c4ccccc4c(-c4cccc(-c5cccc(C)n5)c4)c4ccccc34)cc2)=CCN1. The maximum atomic E-state index is 4.79. The molecule has 1 aliphatic heterocycles. The third-order valence-corrected chi connectivity index (χ3v) is 7.85. The van der Waals surface area contributed by atoms with E-state index in [0.717, 1.165) is 23.5 Å². The zero-order valence-corrected chi connectivity index (χ0v) is 22.8. The molecule has 0 bridgehead atoms. The van der Waals surface area contributed by atoms with Crippen LogP contribution in [-0.4, -0.2) is 11.5 Å². The molecule has 6 aromatic rings. The lowest BCUT2D eigenvalue weighted by Gasteiger charge is -2.18. The van der Waals surface area contributed by atoms with E-state index in [0.29, 0.717) is 0 Å². The maximum Gasteiger partial charge on any atom is 0.0705 e. The summed E-state index contributed by atoms with van der Waals surface area (Å²) in [7, 11) is 0. The van der Waals surface area contributed by atoms with Crippen molar-refractivity contribution in [2.75, 3.05) is 6.54 Å². The van der Waals surface area contributed by atoms with Crippen LogP contribution in [0.25, 0.3) is 60.6 Å².